The number of nitrogens with two attached hydrogens (primary N) is 1. The van der Waals surface area contributed by atoms with Crippen molar-refractivity contribution < 1.29 is 4.79 Å². The molecule has 0 spiro atoms. The number of hydrogen-bond acceptors (Lipinski definition) is 3. The molecule has 0 aliphatic carbocycles. The summed E-state index contributed by atoms with van der Waals surface area (Å²) in [7, 11) is 0. The molecule has 98 valence electrons. The minimum atomic E-state index is -0.344. The number of pyridine rings is 1. The van der Waals surface area contributed by atoms with Crippen LogP contribution in [0.5, 0.6) is 0 Å². The highest BCUT2D eigenvalue weighted by Crippen LogP contribution is 2.27. The second-order valence-electron chi connectivity index (χ2n) is 3.98. The Morgan fingerprint density at radius 3 is 2.74 bits per heavy atom. The summed E-state index contributed by atoms with van der Waals surface area (Å²) in [5, 5.41) is 3.13. The monoisotopic (exact) mass is 295 g/mol. The lowest BCUT2D eigenvalue weighted by Crippen LogP contribution is -2.13. The maximum Gasteiger partial charge on any atom is 0.256 e. The standard InChI is InChI=1S/C13H11Cl2N3O/c1-7-2-3-8(6-10(7)16)13(19)18-12-11(15)9(14)4-5-17-12/h2-6H,16H2,1H3,(H,17,18,19). The normalized spacial score (nSPS) is 10.3. The van der Waals surface area contributed by atoms with Crippen molar-refractivity contribution in [2.24, 2.45) is 0 Å². The van der Waals surface area contributed by atoms with Crippen LogP contribution in [0.15, 0.2) is 30.5 Å². The maximum atomic E-state index is 12.0. The molecular formula is C13H11Cl2N3O. The molecule has 3 N–H and O–H groups in total. The Balaban J connectivity index is 2.26. The summed E-state index contributed by atoms with van der Waals surface area (Å²) in [6.45, 7) is 1.87. The van der Waals surface area contributed by atoms with Gasteiger partial charge in [-0.2, -0.15) is 0 Å². The third-order valence-electron chi connectivity index (χ3n) is 2.62. The highest BCUT2D eigenvalue weighted by Gasteiger charge is 2.12. The topological polar surface area (TPSA) is 68.0 Å². The van der Waals surface area contributed by atoms with E-state index in [2.05, 4.69) is 10.3 Å². The minimum Gasteiger partial charge on any atom is -0.398 e. The molecule has 0 saturated heterocycles. The number of rotatable bonds is 2. The van der Waals surface area contributed by atoms with Gasteiger partial charge in [-0.15, -0.1) is 0 Å². The van der Waals surface area contributed by atoms with Gasteiger partial charge in [-0.1, -0.05) is 29.3 Å². The number of carbonyl (C=O) groups excluding carboxylic acids is 1. The summed E-state index contributed by atoms with van der Waals surface area (Å²) in [5.41, 5.74) is 7.66. The third-order valence-corrected chi connectivity index (χ3v) is 3.41. The van der Waals surface area contributed by atoms with Crippen LogP contribution in [-0.4, -0.2) is 10.9 Å². The Morgan fingerprint density at radius 2 is 2.05 bits per heavy atom. The van der Waals surface area contributed by atoms with Gasteiger partial charge in [0.05, 0.1) is 5.02 Å². The van der Waals surface area contributed by atoms with Gasteiger partial charge in [0.2, 0.25) is 0 Å². The number of aryl methyl sites for hydroxylation is 1. The zero-order chi connectivity index (χ0) is 14.0. The summed E-state index contributed by atoms with van der Waals surface area (Å²) in [4.78, 5) is 16.0. The molecule has 6 heteroatoms. The van der Waals surface area contributed by atoms with Gasteiger partial charge in [0.15, 0.2) is 5.82 Å². The largest absolute Gasteiger partial charge is 0.398 e. The molecule has 4 nitrogen and oxygen atoms in total. The molecule has 1 heterocycles. The van der Waals surface area contributed by atoms with Crippen LogP contribution in [0.25, 0.3) is 0 Å². The van der Waals surface area contributed by atoms with Gasteiger partial charge < -0.3 is 11.1 Å². The van der Waals surface area contributed by atoms with E-state index in [9.17, 15) is 4.79 Å². The predicted molar refractivity (Wildman–Crippen MR) is 77.8 cm³/mol. The third kappa shape index (κ3) is 2.97. The second kappa shape index (κ2) is 5.47. The SMILES string of the molecule is Cc1ccc(C(=O)Nc2nccc(Cl)c2Cl)cc1N. The lowest BCUT2D eigenvalue weighted by atomic mass is 10.1. The van der Waals surface area contributed by atoms with E-state index in [1.54, 1.807) is 24.3 Å². The molecule has 0 radical (unpaired) electrons. The quantitative estimate of drug-likeness (QED) is 0.833. The number of nitrogen functional groups attached to an aromatic ring is 1. The van der Waals surface area contributed by atoms with Crippen molar-refractivity contribution in [3.63, 3.8) is 0 Å². The van der Waals surface area contributed by atoms with Crippen molar-refractivity contribution in [1.29, 1.82) is 0 Å². The summed E-state index contributed by atoms with van der Waals surface area (Å²) in [5.74, 6) is -0.123. The summed E-state index contributed by atoms with van der Waals surface area (Å²) < 4.78 is 0. The number of nitrogens with zero attached hydrogens (tertiary/aromatic N) is 1. The minimum absolute atomic E-state index is 0.206. The van der Waals surface area contributed by atoms with Crippen LogP contribution in [0.2, 0.25) is 10.0 Å². The van der Waals surface area contributed by atoms with Crippen LogP contribution in [0, 0.1) is 6.92 Å². The van der Waals surface area contributed by atoms with Crippen LogP contribution in [0.1, 0.15) is 15.9 Å². The lowest BCUT2D eigenvalue weighted by molar-refractivity contribution is 0.102. The Labute approximate surface area is 120 Å². The average Bonchev–Trinajstić information content (AvgIpc) is 2.38. The van der Waals surface area contributed by atoms with E-state index in [0.29, 0.717) is 16.3 Å². The summed E-state index contributed by atoms with van der Waals surface area (Å²) in [6, 6.07) is 6.60. The van der Waals surface area contributed by atoms with Crippen LogP contribution >= 0.6 is 23.2 Å². The van der Waals surface area contributed by atoms with Crippen LogP contribution < -0.4 is 11.1 Å². The number of carbonyl (C=O) groups is 1. The first-order valence-corrected chi connectivity index (χ1v) is 6.22. The summed E-state index contributed by atoms with van der Waals surface area (Å²) >= 11 is 11.8. The van der Waals surface area contributed by atoms with Gasteiger partial charge in [0.1, 0.15) is 5.02 Å². The number of halogens is 2. The zero-order valence-corrected chi connectivity index (χ0v) is 11.6. The van der Waals surface area contributed by atoms with Crippen molar-refractivity contribution in [2.45, 2.75) is 6.92 Å². The van der Waals surface area contributed by atoms with E-state index in [1.165, 1.54) is 6.20 Å². The molecule has 0 atom stereocenters. The lowest BCUT2D eigenvalue weighted by Gasteiger charge is -2.08. The van der Waals surface area contributed by atoms with Crippen LogP contribution in [0.4, 0.5) is 11.5 Å². The van der Waals surface area contributed by atoms with Gasteiger partial charge in [-0.3, -0.25) is 4.79 Å². The molecule has 2 aromatic rings. The second-order valence-corrected chi connectivity index (χ2v) is 4.77. The van der Waals surface area contributed by atoms with Gasteiger partial charge in [0.25, 0.3) is 5.91 Å². The van der Waals surface area contributed by atoms with E-state index in [4.69, 9.17) is 28.9 Å². The predicted octanol–water partition coefficient (Wildman–Crippen LogP) is 3.53. The fourth-order valence-corrected chi connectivity index (χ4v) is 1.77. The van der Waals surface area contributed by atoms with E-state index < -0.39 is 0 Å². The average molecular weight is 296 g/mol. The first-order chi connectivity index (χ1) is 8.99. The van der Waals surface area contributed by atoms with E-state index >= 15 is 0 Å². The molecule has 1 amide bonds. The van der Waals surface area contributed by atoms with Crippen molar-refractivity contribution in [3.05, 3.63) is 51.6 Å². The number of aromatic nitrogens is 1. The molecule has 0 aliphatic rings. The Bertz CT molecular complexity index is 644. The molecule has 1 aromatic carbocycles. The molecule has 2 rings (SSSR count). The first-order valence-electron chi connectivity index (χ1n) is 5.46. The molecule has 1 aromatic heterocycles. The first kappa shape index (κ1) is 13.6. The number of anilines is 2. The molecule has 0 aliphatic heterocycles. The molecule has 19 heavy (non-hydrogen) atoms. The van der Waals surface area contributed by atoms with Gasteiger partial charge in [-0.25, -0.2) is 4.98 Å². The number of nitrogens with one attached hydrogen (secondary N) is 1. The highest BCUT2D eigenvalue weighted by molar-refractivity contribution is 6.43. The Kier molecular flexibility index (Phi) is 3.93. The molecule has 0 bridgehead atoms. The zero-order valence-electron chi connectivity index (χ0n) is 10.1. The Hall–Kier alpha value is -1.78. The number of amides is 1. The summed E-state index contributed by atoms with van der Waals surface area (Å²) in [6.07, 6.45) is 1.47. The van der Waals surface area contributed by atoms with Crippen molar-refractivity contribution in [1.82, 2.24) is 4.98 Å². The molecule has 0 fully saturated rings. The smallest absolute Gasteiger partial charge is 0.256 e. The van der Waals surface area contributed by atoms with Gasteiger partial charge in [-0.05, 0) is 30.7 Å². The van der Waals surface area contributed by atoms with Crippen molar-refractivity contribution >= 4 is 40.6 Å². The molecule has 0 unspecified atom stereocenters. The van der Waals surface area contributed by atoms with Crippen LogP contribution in [-0.2, 0) is 0 Å². The molecule has 0 saturated carbocycles. The van der Waals surface area contributed by atoms with Gasteiger partial charge in [0, 0.05) is 17.4 Å². The number of benzene rings is 1. The number of hydrogen-bond donors (Lipinski definition) is 2. The van der Waals surface area contributed by atoms with E-state index in [1.807, 2.05) is 6.92 Å². The van der Waals surface area contributed by atoms with Gasteiger partial charge >= 0.3 is 0 Å². The maximum absolute atomic E-state index is 12.0. The fraction of sp³-hybridized carbons (Fsp3) is 0.0769. The fourth-order valence-electron chi connectivity index (χ4n) is 1.47. The van der Waals surface area contributed by atoms with Crippen LogP contribution in [0.3, 0.4) is 0 Å². The highest BCUT2D eigenvalue weighted by atomic mass is 35.5. The van der Waals surface area contributed by atoms with E-state index in [-0.39, 0.29) is 16.7 Å². The Morgan fingerprint density at radius 1 is 1.32 bits per heavy atom. The molecular weight excluding hydrogens is 285 g/mol. The van der Waals surface area contributed by atoms with E-state index in [0.717, 1.165) is 5.56 Å². The van der Waals surface area contributed by atoms with Crippen molar-refractivity contribution in [2.75, 3.05) is 11.1 Å². The van der Waals surface area contributed by atoms with Crippen molar-refractivity contribution in [3.8, 4) is 0 Å².